The van der Waals surface area contributed by atoms with Crippen molar-refractivity contribution >= 4 is 24.8 Å². The molecular formula is C18H32Cl2N2O2. The number of nitrogens with zero attached hydrogens (tertiary/aromatic N) is 2. The Balaban J connectivity index is 0.00000264. The smallest absolute Gasteiger partial charge is 0.119 e. The van der Waals surface area contributed by atoms with E-state index in [0.29, 0.717) is 13.2 Å². The number of piperazine rings is 1. The summed E-state index contributed by atoms with van der Waals surface area (Å²) in [6.07, 6.45) is -0.439. The molecule has 1 heterocycles. The van der Waals surface area contributed by atoms with E-state index >= 15 is 0 Å². The van der Waals surface area contributed by atoms with Crippen LogP contribution >= 0.6 is 24.8 Å². The minimum atomic E-state index is -0.439. The molecule has 0 spiro atoms. The maximum absolute atomic E-state index is 10.1. The van der Waals surface area contributed by atoms with Crippen molar-refractivity contribution in [2.24, 2.45) is 0 Å². The highest BCUT2D eigenvalue weighted by molar-refractivity contribution is 5.85. The third-order valence-electron chi connectivity index (χ3n) is 4.23. The Morgan fingerprint density at radius 1 is 1.04 bits per heavy atom. The first kappa shape index (κ1) is 23.5. The van der Waals surface area contributed by atoms with Crippen LogP contribution in [0.1, 0.15) is 26.3 Å². The zero-order chi connectivity index (χ0) is 16.2. The van der Waals surface area contributed by atoms with Crippen LogP contribution in [0.25, 0.3) is 0 Å². The molecule has 1 aromatic rings. The third kappa shape index (κ3) is 7.58. The van der Waals surface area contributed by atoms with Gasteiger partial charge in [0, 0.05) is 32.7 Å². The van der Waals surface area contributed by atoms with E-state index in [1.165, 1.54) is 5.56 Å². The molecule has 0 radical (unpaired) electrons. The molecule has 0 amide bonds. The summed E-state index contributed by atoms with van der Waals surface area (Å²) in [5.41, 5.74) is 1.44. The van der Waals surface area contributed by atoms with Crippen LogP contribution in [0.3, 0.4) is 0 Å². The second-order valence-electron chi connectivity index (χ2n) is 7.34. The zero-order valence-corrected chi connectivity index (χ0v) is 16.8. The van der Waals surface area contributed by atoms with Crippen LogP contribution < -0.4 is 4.74 Å². The number of hydrogen-bond donors (Lipinski definition) is 1. The highest BCUT2D eigenvalue weighted by Crippen LogP contribution is 2.24. The summed E-state index contributed by atoms with van der Waals surface area (Å²) in [5.74, 6) is 0.824. The summed E-state index contributed by atoms with van der Waals surface area (Å²) in [4.78, 5) is 4.62. The molecule has 1 aliphatic heterocycles. The summed E-state index contributed by atoms with van der Waals surface area (Å²) >= 11 is 0. The number of β-amino-alcohol motifs (C(OH)–C–C–N with tert-alkyl or cyclic N) is 1. The van der Waals surface area contributed by atoms with Gasteiger partial charge < -0.3 is 14.7 Å². The lowest BCUT2D eigenvalue weighted by atomic mass is 9.87. The van der Waals surface area contributed by atoms with Crippen LogP contribution in [0.2, 0.25) is 0 Å². The predicted molar refractivity (Wildman–Crippen MR) is 105 cm³/mol. The van der Waals surface area contributed by atoms with Gasteiger partial charge in [-0.1, -0.05) is 32.9 Å². The van der Waals surface area contributed by atoms with Crippen molar-refractivity contribution in [3.05, 3.63) is 29.8 Å². The maximum Gasteiger partial charge on any atom is 0.119 e. The lowest BCUT2D eigenvalue weighted by Gasteiger charge is -2.33. The average Bonchev–Trinajstić information content (AvgIpc) is 2.47. The number of halogens is 2. The van der Waals surface area contributed by atoms with Gasteiger partial charge in [-0.05, 0) is 30.2 Å². The number of benzene rings is 1. The molecule has 1 aromatic carbocycles. The quantitative estimate of drug-likeness (QED) is 0.854. The van der Waals surface area contributed by atoms with Gasteiger partial charge >= 0.3 is 0 Å². The van der Waals surface area contributed by atoms with Gasteiger partial charge in [-0.15, -0.1) is 24.8 Å². The van der Waals surface area contributed by atoms with E-state index < -0.39 is 6.10 Å². The Labute approximate surface area is 159 Å². The maximum atomic E-state index is 10.1. The summed E-state index contributed by atoms with van der Waals surface area (Å²) in [7, 11) is 2.14. The molecule has 0 aliphatic carbocycles. The van der Waals surface area contributed by atoms with Gasteiger partial charge in [-0.25, -0.2) is 0 Å². The molecule has 1 atom stereocenters. The fourth-order valence-corrected chi connectivity index (χ4v) is 2.62. The molecule has 4 nitrogen and oxygen atoms in total. The number of ether oxygens (including phenoxy) is 1. The van der Waals surface area contributed by atoms with E-state index in [1.807, 2.05) is 12.1 Å². The number of likely N-dealkylation sites (N-methyl/N-ethyl adjacent to an activating group) is 1. The number of aliphatic hydroxyl groups is 1. The fourth-order valence-electron chi connectivity index (χ4n) is 2.62. The summed E-state index contributed by atoms with van der Waals surface area (Å²) in [6.45, 7) is 11.8. The van der Waals surface area contributed by atoms with Crippen molar-refractivity contribution < 1.29 is 9.84 Å². The summed E-state index contributed by atoms with van der Waals surface area (Å²) < 4.78 is 5.71. The van der Waals surface area contributed by atoms with Crippen molar-refractivity contribution in [3.8, 4) is 5.75 Å². The zero-order valence-electron chi connectivity index (χ0n) is 15.2. The number of aliphatic hydroxyl groups excluding tert-OH is 1. The minimum Gasteiger partial charge on any atom is -0.491 e. The van der Waals surface area contributed by atoms with Crippen molar-refractivity contribution in [1.29, 1.82) is 0 Å². The van der Waals surface area contributed by atoms with Crippen molar-refractivity contribution in [3.63, 3.8) is 0 Å². The fraction of sp³-hybridized carbons (Fsp3) is 0.667. The molecule has 1 fully saturated rings. The van der Waals surface area contributed by atoms with Gasteiger partial charge in [0.1, 0.15) is 18.5 Å². The highest BCUT2D eigenvalue weighted by Gasteiger charge is 2.17. The lowest BCUT2D eigenvalue weighted by molar-refractivity contribution is 0.0505. The average molecular weight is 379 g/mol. The van der Waals surface area contributed by atoms with E-state index in [9.17, 15) is 5.11 Å². The predicted octanol–water partition coefficient (Wildman–Crippen LogP) is 2.81. The molecule has 0 saturated carbocycles. The largest absolute Gasteiger partial charge is 0.491 e. The Morgan fingerprint density at radius 3 is 2.08 bits per heavy atom. The molecule has 1 unspecified atom stereocenters. The van der Waals surface area contributed by atoms with Gasteiger partial charge in [0.2, 0.25) is 0 Å². The standard InChI is InChI=1S/C18H30N2O2.2ClH/c1-18(2,3)15-5-7-17(8-6-15)22-14-16(21)13-20-11-9-19(4)10-12-20;;/h5-8,16,21H,9-14H2,1-4H3;2*1H. The molecule has 6 heteroatoms. The van der Waals surface area contributed by atoms with Gasteiger partial charge in [0.25, 0.3) is 0 Å². The number of hydrogen-bond acceptors (Lipinski definition) is 4. The topological polar surface area (TPSA) is 35.9 Å². The van der Waals surface area contributed by atoms with Crippen LogP contribution in [0.15, 0.2) is 24.3 Å². The van der Waals surface area contributed by atoms with Gasteiger partial charge in [-0.3, -0.25) is 4.90 Å². The molecule has 1 saturated heterocycles. The molecule has 1 aliphatic rings. The molecule has 0 bridgehead atoms. The summed E-state index contributed by atoms with van der Waals surface area (Å²) in [5, 5.41) is 10.1. The highest BCUT2D eigenvalue weighted by atomic mass is 35.5. The monoisotopic (exact) mass is 378 g/mol. The lowest BCUT2D eigenvalue weighted by Crippen LogP contribution is -2.47. The minimum absolute atomic E-state index is 0. The van der Waals surface area contributed by atoms with Crippen LogP contribution in [0.5, 0.6) is 5.75 Å². The normalized spacial score (nSPS) is 17.5. The van der Waals surface area contributed by atoms with Crippen LogP contribution in [-0.4, -0.2) is 67.4 Å². The van der Waals surface area contributed by atoms with E-state index in [4.69, 9.17) is 4.74 Å². The van der Waals surface area contributed by atoms with Crippen molar-refractivity contribution in [2.75, 3.05) is 46.4 Å². The first-order chi connectivity index (χ1) is 10.3. The second-order valence-corrected chi connectivity index (χ2v) is 7.34. The van der Waals surface area contributed by atoms with E-state index in [-0.39, 0.29) is 30.2 Å². The van der Waals surface area contributed by atoms with E-state index in [2.05, 4.69) is 49.8 Å². The SMILES string of the molecule is CN1CCN(CC(O)COc2ccc(C(C)(C)C)cc2)CC1.Cl.Cl. The third-order valence-corrected chi connectivity index (χ3v) is 4.23. The van der Waals surface area contributed by atoms with Crippen LogP contribution in [-0.2, 0) is 5.41 Å². The van der Waals surface area contributed by atoms with Crippen molar-refractivity contribution in [2.45, 2.75) is 32.3 Å². The van der Waals surface area contributed by atoms with Gasteiger partial charge in [0.15, 0.2) is 0 Å². The van der Waals surface area contributed by atoms with Crippen LogP contribution in [0.4, 0.5) is 0 Å². The molecule has 24 heavy (non-hydrogen) atoms. The molecule has 2 rings (SSSR count). The Hall–Kier alpha value is -0.520. The first-order valence-electron chi connectivity index (χ1n) is 8.17. The van der Waals surface area contributed by atoms with Gasteiger partial charge in [0.05, 0.1) is 0 Å². The molecule has 0 aromatic heterocycles. The molecule has 140 valence electrons. The van der Waals surface area contributed by atoms with E-state index in [0.717, 1.165) is 31.9 Å². The Kier molecular flexibility index (Phi) is 10.2. The summed E-state index contributed by atoms with van der Waals surface area (Å²) in [6, 6.07) is 8.18. The van der Waals surface area contributed by atoms with E-state index in [1.54, 1.807) is 0 Å². The van der Waals surface area contributed by atoms with Crippen molar-refractivity contribution in [1.82, 2.24) is 9.80 Å². The van der Waals surface area contributed by atoms with Gasteiger partial charge in [-0.2, -0.15) is 0 Å². The Bertz CT molecular complexity index is 455. The second kappa shape index (κ2) is 10.5. The number of rotatable bonds is 5. The first-order valence-corrected chi connectivity index (χ1v) is 8.17. The molecular weight excluding hydrogens is 347 g/mol. The molecule has 1 N–H and O–H groups in total. The Morgan fingerprint density at radius 2 is 1.58 bits per heavy atom. The van der Waals surface area contributed by atoms with Crippen LogP contribution in [0, 0.1) is 0 Å².